The number of carbonyl (C=O) groups is 1. The molecule has 2 unspecified atom stereocenters. The third-order valence-electron chi connectivity index (χ3n) is 4.05. The molecule has 0 aromatic rings. The molecule has 1 rings (SSSR count). The summed E-state index contributed by atoms with van der Waals surface area (Å²) in [6, 6.07) is 0.521. The van der Waals surface area contributed by atoms with E-state index in [1.54, 1.807) is 0 Å². The van der Waals surface area contributed by atoms with Crippen LogP contribution in [0, 0.1) is 0 Å². The SMILES string of the molecule is CCNC(C)(CCCN1CCOCC1CC)C(N)=O. The topological polar surface area (TPSA) is 67.6 Å². The molecular weight excluding hydrogens is 242 g/mol. The van der Waals surface area contributed by atoms with Gasteiger partial charge in [-0.15, -0.1) is 0 Å². The van der Waals surface area contributed by atoms with Gasteiger partial charge in [0.15, 0.2) is 0 Å². The van der Waals surface area contributed by atoms with Crippen molar-refractivity contribution in [2.75, 3.05) is 32.8 Å². The second kappa shape index (κ2) is 7.82. The van der Waals surface area contributed by atoms with Crippen LogP contribution in [0.15, 0.2) is 0 Å². The van der Waals surface area contributed by atoms with Crippen molar-refractivity contribution >= 4 is 5.91 Å². The van der Waals surface area contributed by atoms with Gasteiger partial charge in [0.05, 0.1) is 18.8 Å². The molecule has 0 radical (unpaired) electrons. The normalized spacial score (nSPS) is 24.1. The minimum Gasteiger partial charge on any atom is -0.378 e. The second-order valence-electron chi connectivity index (χ2n) is 5.50. The van der Waals surface area contributed by atoms with Crippen LogP contribution in [-0.4, -0.2) is 55.2 Å². The van der Waals surface area contributed by atoms with E-state index in [1.165, 1.54) is 0 Å². The number of primary amides is 1. The molecule has 1 aliphatic rings. The van der Waals surface area contributed by atoms with Crippen molar-refractivity contribution in [3.63, 3.8) is 0 Å². The Morgan fingerprint density at radius 3 is 2.84 bits per heavy atom. The van der Waals surface area contributed by atoms with Gasteiger partial charge in [-0.3, -0.25) is 9.69 Å². The van der Waals surface area contributed by atoms with Crippen LogP contribution in [0.2, 0.25) is 0 Å². The smallest absolute Gasteiger partial charge is 0.237 e. The molecular formula is C14H29N3O2. The highest BCUT2D eigenvalue weighted by atomic mass is 16.5. The lowest BCUT2D eigenvalue weighted by atomic mass is 9.94. The summed E-state index contributed by atoms with van der Waals surface area (Å²) in [6.45, 7) is 10.5. The van der Waals surface area contributed by atoms with E-state index in [-0.39, 0.29) is 5.91 Å². The molecule has 0 aromatic carbocycles. The number of ether oxygens (including phenoxy) is 1. The third kappa shape index (κ3) is 4.75. The molecule has 5 nitrogen and oxygen atoms in total. The summed E-state index contributed by atoms with van der Waals surface area (Å²) in [6.07, 6.45) is 2.87. The highest BCUT2D eigenvalue weighted by Gasteiger charge is 2.30. The maximum absolute atomic E-state index is 11.5. The highest BCUT2D eigenvalue weighted by Crippen LogP contribution is 2.15. The van der Waals surface area contributed by atoms with Gasteiger partial charge in [-0.25, -0.2) is 0 Å². The Hall–Kier alpha value is -0.650. The summed E-state index contributed by atoms with van der Waals surface area (Å²) >= 11 is 0. The monoisotopic (exact) mass is 271 g/mol. The first-order valence-electron chi connectivity index (χ1n) is 7.40. The van der Waals surface area contributed by atoms with E-state index in [1.807, 2.05) is 13.8 Å². The Morgan fingerprint density at radius 1 is 1.53 bits per heavy atom. The second-order valence-corrected chi connectivity index (χ2v) is 5.50. The van der Waals surface area contributed by atoms with Crippen molar-refractivity contribution in [3.05, 3.63) is 0 Å². The molecule has 1 amide bonds. The van der Waals surface area contributed by atoms with Gasteiger partial charge < -0.3 is 15.8 Å². The van der Waals surface area contributed by atoms with Crippen molar-refractivity contribution < 1.29 is 9.53 Å². The minimum absolute atomic E-state index is 0.261. The lowest BCUT2D eigenvalue weighted by Crippen LogP contribution is -2.53. The van der Waals surface area contributed by atoms with Crippen molar-refractivity contribution in [2.45, 2.75) is 51.6 Å². The lowest BCUT2D eigenvalue weighted by molar-refractivity contribution is -0.124. The van der Waals surface area contributed by atoms with E-state index in [0.717, 1.165) is 52.1 Å². The molecule has 0 aromatic heterocycles. The average molecular weight is 271 g/mol. The van der Waals surface area contributed by atoms with Gasteiger partial charge in [0.2, 0.25) is 5.91 Å². The number of nitrogens with one attached hydrogen (secondary N) is 1. The molecule has 112 valence electrons. The fourth-order valence-corrected chi connectivity index (χ4v) is 2.68. The molecule has 0 spiro atoms. The summed E-state index contributed by atoms with van der Waals surface area (Å²) < 4.78 is 5.50. The Bertz CT molecular complexity index is 286. The Morgan fingerprint density at radius 2 is 2.26 bits per heavy atom. The number of morpholine rings is 1. The van der Waals surface area contributed by atoms with Gasteiger partial charge in [0.25, 0.3) is 0 Å². The molecule has 3 N–H and O–H groups in total. The minimum atomic E-state index is -0.581. The summed E-state index contributed by atoms with van der Waals surface area (Å²) in [7, 11) is 0. The average Bonchev–Trinajstić information content (AvgIpc) is 2.39. The Labute approximate surface area is 116 Å². The van der Waals surface area contributed by atoms with Crippen LogP contribution >= 0.6 is 0 Å². The largest absolute Gasteiger partial charge is 0.378 e. The Kier molecular flexibility index (Phi) is 6.75. The van der Waals surface area contributed by atoms with Crippen molar-refractivity contribution in [2.24, 2.45) is 5.73 Å². The molecule has 2 atom stereocenters. The van der Waals surface area contributed by atoms with Gasteiger partial charge in [0, 0.05) is 12.6 Å². The van der Waals surface area contributed by atoms with Crippen LogP contribution in [-0.2, 0) is 9.53 Å². The van der Waals surface area contributed by atoms with Gasteiger partial charge in [0.1, 0.15) is 0 Å². The van der Waals surface area contributed by atoms with E-state index in [4.69, 9.17) is 10.5 Å². The Balaban J connectivity index is 2.40. The van der Waals surface area contributed by atoms with Gasteiger partial charge in [-0.2, -0.15) is 0 Å². The molecule has 19 heavy (non-hydrogen) atoms. The molecule has 0 saturated carbocycles. The number of nitrogens with two attached hydrogens (primary N) is 1. The zero-order valence-electron chi connectivity index (χ0n) is 12.6. The number of carbonyl (C=O) groups excluding carboxylic acids is 1. The van der Waals surface area contributed by atoms with Crippen LogP contribution in [0.5, 0.6) is 0 Å². The van der Waals surface area contributed by atoms with Crippen LogP contribution in [0.4, 0.5) is 0 Å². The predicted molar refractivity (Wildman–Crippen MR) is 77.0 cm³/mol. The van der Waals surface area contributed by atoms with Crippen LogP contribution in [0.3, 0.4) is 0 Å². The number of rotatable bonds is 8. The van der Waals surface area contributed by atoms with Crippen LogP contribution in [0.25, 0.3) is 0 Å². The lowest BCUT2D eigenvalue weighted by Gasteiger charge is -2.36. The number of amides is 1. The first kappa shape index (κ1) is 16.4. The molecule has 5 heteroatoms. The third-order valence-corrected chi connectivity index (χ3v) is 4.05. The van der Waals surface area contributed by atoms with Crippen molar-refractivity contribution in [1.82, 2.24) is 10.2 Å². The molecule has 1 heterocycles. The van der Waals surface area contributed by atoms with Crippen LogP contribution < -0.4 is 11.1 Å². The fourth-order valence-electron chi connectivity index (χ4n) is 2.68. The van der Waals surface area contributed by atoms with Gasteiger partial charge in [-0.1, -0.05) is 13.8 Å². The zero-order chi connectivity index (χ0) is 14.3. The first-order chi connectivity index (χ1) is 9.03. The number of nitrogens with zero attached hydrogens (tertiary/aromatic N) is 1. The van der Waals surface area contributed by atoms with Gasteiger partial charge in [-0.05, 0) is 39.3 Å². The first-order valence-corrected chi connectivity index (χ1v) is 7.40. The van der Waals surface area contributed by atoms with Gasteiger partial charge >= 0.3 is 0 Å². The number of likely N-dealkylation sites (N-methyl/N-ethyl adjacent to an activating group) is 1. The van der Waals surface area contributed by atoms with E-state index in [2.05, 4.69) is 17.1 Å². The van der Waals surface area contributed by atoms with E-state index in [0.29, 0.717) is 6.04 Å². The molecule has 1 saturated heterocycles. The van der Waals surface area contributed by atoms with Crippen LogP contribution in [0.1, 0.15) is 40.0 Å². The maximum Gasteiger partial charge on any atom is 0.237 e. The summed E-state index contributed by atoms with van der Waals surface area (Å²) in [4.78, 5) is 14.0. The highest BCUT2D eigenvalue weighted by molar-refractivity contribution is 5.84. The standard InChI is InChI=1S/C14H29N3O2/c1-4-12-11-19-10-9-17(12)8-6-7-14(3,13(15)18)16-5-2/h12,16H,4-11H2,1-3H3,(H2,15,18). The quantitative estimate of drug-likeness (QED) is 0.683. The van der Waals surface area contributed by atoms with E-state index in [9.17, 15) is 4.79 Å². The summed E-state index contributed by atoms with van der Waals surface area (Å²) in [5.74, 6) is -0.261. The van der Waals surface area contributed by atoms with Crippen molar-refractivity contribution in [1.29, 1.82) is 0 Å². The number of hydrogen-bond donors (Lipinski definition) is 2. The van der Waals surface area contributed by atoms with Crippen molar-refractivity contribution in [3.8, 4) is 0 Å². The molecule has 0 bridgehead atoms. The summed E-state index contributed by atoms with van der Waals surface area (Å²) in [5.41, 5.74) is 4.91. The molecule has 1 aliphatic heterocycles. The zero-order valence-corrected chi connectivity index (χ0v) is 12.6. The summed E-state index contributed by atoms with van der Waals surface area (Å²) in [5, 5.41) is 3.20. The van der Waals surface area contributed by atoms with E-state index < -0.39 is 5.54 Å². The maximum atomic E-state index is 11.5. The van der Waals surface area contributed by atoms with E-state index >= 15 is 0 Å². The fraction of sp³-hybridized carbons (Fsp3) is 0.929. The molecule has 1 fully saturated rings. The molecule has 0 aliphatic carbocycles. The number of hydrogen-bond acceptors (Lipinski definition) is 4. The predicted octanol–water partition coefficient (Wildman–Crippen LogP) is 0.731.